The molecule has 0 heterocycles. The molecule has 98 valence electrons. The van der Waals surface area contributed by atoms with E-state index in [9.17, 15) is 8.42 Å². The molecule has 0 bridgehead atoms. The second-order valence-electron chi connectivity index (χ2n) is 3.73. The van der Waals surface area contributed by atoms with Crippen LogP contribution in [-0.4, -0.2) is 34.2 Å². The fourth-order valence-electron chi connectivity index (χ4n) is 1.13. The maximum absolute atomic E-state index is 11.3. The third-order valence-electron chi connectivity index (χ3n) is 2.28. The Morgan fingerprint density at radius 1 is 1.19 bits per heavy atom. The first-order valence-electron chi connectivity index (χ1n) is 5.40. The molecule has 0 saturated heterocycles. The van der Waals surface area contributed by atoms with E-state index in [1.807, 2.05) is 6.92 Å². The first-order valence-corrected chi connectivity index (χ1v) is 6.74. The maximum Gasteiger partial charge on any atom is 0.400 e. The lowest BCUT2D eigenvalue weighted by Crippen LogP contribution is -2.25. The van der Waals surface area contributed by atoms with Gasteiger partial charge in [0, 0.05) is 6.54 Å². The van der Waals surface area contributed by atoms with Gasteiger partial charge in [-0.25, -0.2) is 8.37 Å². The van der Waals surface area contributed by atoms with Crippen LogP contribution in [0.25, 0.3) is 0 Å². The predicted octanol–water partition coefficient (Wildman–Crippen LogP) is -0.0134. The second-order valence-corrected chi connectivity index (χ2v) is 4.97. The zero-order valence-corrected chi connectivity index (χ0v) is 10.7. The summed E-state index contributed by atoms with van der Waals surface area (Å²) < 4.78 is 31.9. The third kappa shape index (κ3) is 7.13. The van der Waals surface area contributed by atoms with Gasteiger partial charge in [-0.1, -0.05) is 6.92 Å². The zero-order chi connectivity index (χ0) is 12.6. The van der Waals surface area contributed by atoms with Crippen molar-refractivity contribution in [3.05, 3.63) is 0 Å². The minimum absolute atomic E-state index is 0.0633. The van der Waals surface area contributed by atoms with Gasteiger partial charge in [0.1, 0.15) is 0 Å². The van der Waals surface area contributed by atoms with Gasteiger partial charge >= 0.3 is 10.4 Å². The van der Waals surface area contributed by atoms with E-state index in [0.29, 0.717) is 6.54 Å². The zero-order valence-electron chi connectivity index (χ0n) is 9.89. The molecule has 6 nitrogen and oxygen atoms in total. The Bertz CT molecular complexity index is 269. The summed E-state index contributed by atoms with van der Waals surface area (Å²) in [6, 6.07) is 0. The van der Waals surface area contributed by atoms with Crippen LogP contribution in [0.2, 0.25) is 0 Å². The van der Waals surface area contributed by atoms with Crippen molar-refractivity contribution in [2.75, 3.05) is 19.7 Å². The molecule has 4 N–H and O–H groups in total. The van der Waals surface area contributed by atoms with E-state index in [4.69, 9.17) is 15.7 Å². The molecule has 0 spiro atoms. The Labute approximate surface area is 97.6 Å². The molecule has 0 saturated carbocycles. The minimum atomic E-state index is -3.92. The molecular formula is C9H22N2O4S. The lowest BCUT2D eigenvalue weighted by Gasteiger charge is -2.19. The van der Waals surface area contributed by atoms with Crippen LogP contribution in [0.4, 0.5) is 0 Å². The monoisotopic (exact) mass is 254 g/mol. The van der Waals surface area contributed by atoms with Crippen LogP contribution in [0.1, 0.15) is 26.7 Å². The van der Waals surface area contributed by atoms with E-state index in [2.05, 4.69) is 4.18 Å². The summed E-state index contributed by atoms with van der Waals surface area (Å²) in [6.07, 6.45) is 1.25. The van der Waals surface area contributed by atoms with Crippen LogP contribution in [0.15, 0.2) is 0 Å². The number of hydrogen-bond donors (Lipinski definition) is 2. The van der Waals surface area contributed by atoms with Gasteiger partial charge in [0.15, 0.2) is 0 Å². The van der Waals surface area contributed by atoms with Crippen molar-refractivity contribution >= 4 is 10.4 Å². The molecule has 0 aliphatic heterocycles. The maximum atomic E-state index is 11.3. The largest absolute Gasteiger partial charge is 0.400 e. The SMILES string of the molecule is CC(CCCN)C(C)OS(=O)(=O)OCCN. The number of hydrogen-bond acceptors (Lipinski definition) is 6. The summed E-state index contributed by atoms with van der Waals surface area (Å²) in [7, 11) is -3.92. The van der Waals surface area contributed by atoms with Crippen molar-refractivity contribution in [1.82, 2.24) is 0 Å². The minimum Gasteiger partial charge on any atom is -0.330 e. The van der Waals surface area contributed by atoms with E-state index < -0.39 is 16.5 Å². The molecule has 0 fully saturated rings. The molecule has 16 heavy (non-hydrogen) atoms. The Balaban J connectivity index is 4.05. The van der Waals surface area contributed by atoms with Gasteiger partial charge in [0.25, 0.3) is 0 Å². The quantitative estimate of drug-likeness (QED) is 0.599. The summed E-state index contributed by atoms with van der Waals surface area (Å²) in [6.45, 7) is 4.28. The first kappa shape index (κ1) is 15.8. The van der Waals surface area contributed by atoms with Gasteiger partial charge in [0.2, 0.25) is 0 Å². The van der Waals surface area contributed by atoms with Crippen molar-refractivity contribution in [2.45, 2.75) is 32.8 Å². The van der Waals surface area contributed by atoms with Crippen LogP contribution < -0.4 is 11.5 Å². The van der Waals surface area contributed by atoms with Crippen LogP contribution in [0.5, 0.6) is 0 Å². The smallest absolute Gasteiger partial charge is 0.330 e. The van der Waals surface area contributed by atoms with Gasteiger partial charge in [-0.05, 0) is 32.2 Å². The average Bonchev–Trinajstić information content (AvgIpc) is 2.22. The Morgan fingerprint density at radius 2 is 1.81 bits per heavy atom. The van der Waals surface area contributed by atoms with Gasteiger partial charge in [0.05, 0.1) is 12.7 Å². The fourth-order valence-corrected chi connectivity index (χ4v) is 2.05. The Kier molecular flexibility index (Phi) is 7.86. The summed E-state index contributed by atoms with van der Waals surface area (Å²) >= 11 is 0. The molecule has 0 aromatic heterocycles. The number of nitrogens with two attached hydrogens (primary N) is 2. The molecule has 0 aliphatic rings. The topological polar surface area (TPSA) is 105 Å². The van der Waals surface area contributed by atoms with Crippen molar-refractivity contribution in [3.8, 4) is 0 Å². The first-order chi connectivity index (χ1) is 7.43. The summed E-state index contributed by atoms with van der Waals surface area (Å²) in [5.74, 6) is 0.111. The molecule has 7 heteroatoms. The summed E-state index contributed by atoms with van der Waals surface area (Å²) in [4.78, 5) is 0. The van der Waals surface area contributed by atoms with E-state index in [1.54, 1.807) is 6.92 Å². The highest BCUT2D eigenvalue weighted by atomic mass is 32.3. The Hall–Kier alpha value is -0.210. The van der Waals surface area contributed by atoms with Gasteiger partial charge in [-0.15, -0.1) is 0 Å². The van der Waals surface area contributed by atoms with E-state index in [1.165, 1.54) is 0 Å². The summed E-state index contributed by atoms with van der Waals surface area (Å²) in [5.41, 5.74) is 10.5. The highest BCUT2D eigenvalue weighted by Gasteiger charge is 2.21. The standard InChI is InChI=1S/C9H22N2O4S/c1-8(4-3-5-10)9(2)15-16(12,13)14-7-6-11/h8-9H,3-7,10-11H2,1-2H3. The fraction of sp³-hybridized carbons (Fsp3) is 1.00. The van der Waals surface area contributed by atoms with Crippen LogP contribution in [-0.2, 0) is 18.8 Å². The molecule has 0 radical (unpaired) electrons. The van der Waals surface area contributed by atoms with Crippen molar-refractivity contribution in [1.29, 1.82) is 0 Å². The van der Waals surface area contributed by atoms with Crippen molar-refractivity contribution < 1.29 is 16.8 Å². The second kappa shape index (κ2) is 7.97. The molecular weight excluding hydrogens is 232 g/mol. The van der Waals surface area contributed by atoms with Crippen LogP contribution >= 0.6 is 0 Å². The van der Waals surface area contributed by atoms with Gasteiger partial charge in [-0.3, -0.25) is 0 Å². The van der Waals surface area contributed by atoms with E-state index in [-0.39, 0.29) is 19.1 Å². The van der Waals surface area contributed by atoms with Crippen molar-refractivity contribution in [3.63, 3.8) is 0 Å². The normalized spacial score (nSPS) is 16.0. The molecule has 0 aromatic carbocycles. The molecule has 0 aromatic rings. The molecule has 2 atom stereocenters. The van der Waals surface area contributed by atoms with E-state index >= 15 is 0 Å². The number of rotatable bonds is 9. The van der Waals surface area contributed by atoms with E-state index in [0.717, 1.165) is 12.8 Å². The highest BCUT2D eigenvalue weighted by Crippen LogP contribution is 2.15. The predicted molar refractivity (Wildman–Crippen MR) is 61.9 cm³/mol. The average molecular weight is 254 g/mol. The molecule has 0 amide bonds. The lowest BCUT2D eigenvalue weighted by molar-refractivity contribution is 0.125. The molecule has 0 rings (SSSR count). The van der Waals surface area contributed by atoms with Crippen molar-refractivity contribution in [2.24, 2.45) is 17.4 Å². The third-order valence-corrected chi connectivity index (χ3v) is 3.27. The Morgan fingerprint density at radius 3 is 2.31 bits per heavy atom. The van der Waals surface area contributed by atoms with Crippen LogP contribution in [0.3, 0.4) is 0 Å². The van der Waals surface area contributed by atoms with Gasteiger partial charge < -0.3 is 11.5 Å². The lowest BCUT2D eigenvalue weighted by atomic mass is 10.0. The highest BCUT2D eigenvalue weighted by molar-refractivity contribution is 7.81. The van der Waals surface area contributed by atoms with Crippen LogP contribution in [0, 0.1) is 5.92 Å². The van der Waals surface area contributed by atoms with Gasteiger partial charge in [-0.2, -0.15) is 8.42 Å². The molecule has 0 aliphatic carbocycles. The summed E-state index contributed by atoms with van der Waals surface area (Å²) in [5, 5.41) is 0. The molecule has 2 unspecified atom stereocenters.